The molecule has 15 heavy (non-hydrogen) atoms. The van der Waals surface area contributed by atoms with Crippen molar-refractivity contribution in [3.8, 4) is 0 Å². The standard InChI is InChI=1S/C7H15NO5S2/c1-2-15(11,12)13-7-3-4-8(5-7)6-14(9)10/h7,14H,2-6H2,1H3/t7-/m1/s1. The smallest absolute Gasteiger partial charge is 0.267 e. The monoisotopic (exact) mass is 257 g/mol. The van der Waals surface area contributed by atoms with Crippen LogP contribution in [0.3, 0.4) is 0 Å². The molecule has 1 rings (SSSR count). The van der Waals surface area contributed by atoms with E-state index in [0.717, 1.165) is 0 Å². The SMILES string of the molecule is CCS(=O)(=O)O[C@@H]1CCN(C[SH](=O)=O)C1. The highest BCUT2D eigenvalue weighted by atomic mass is 32.2. The Kier molecular flexibility index (Phi) is 4.50. The molecule has 0 unspecified atom stereocenters. The van der Waals surface area contributed by atoms with Crippen LogP contribution in [0, 0.1) is 0 Å². The third-order valence-corrected chi connectivity index (χ3v) is 4.08. The van der Waals surface area contributed by atoms with Gasteiger partial charge in [-0.1, -0.05) is 0 Å². The van der Waals surface area contributed by atoms with E-state index in [1.165, 1.54) is 6.92 Å². The predicted molar refractivity (Wildman–Crippen MR) is 55.7 cm³/mol. The van der Waals surface area contributed by atoms with Gasteiger partial charge in [-0.05, 0) is 13.3 Å². The first-order valence-corrected chi connectivity index (χ1v) is 7.62. The van der Waals surface area contributed by atoms with Crippen molar-refractivity contribution in [2.24, 2.45) is 0 Å². The molecule has 0 aromatic heterocycles. The van der Waals surface area contributed by atoms with Crippen LogP contribution in [-0.2, 0) is 25.0 Å². The molecule has 1 saturated heterocycles. The number of thiol groups is 1. The predicted octanol–water partition coefficient (Wildman–Crippen LogP) is -1.00. The van der Waals surface area contributed by atoms with E-state index in [9.17, 15) is 16.8 Å². The summed E-state index contributed by atoms with van der Waals surface area (Å²) in [5.74, 6) is -0.0827. The fraction of sp³-hybridized carbons (Fsp3) is 1.00. The summed E-state index contributed by atoms with van der Waals surface area (Å²) in [6.07, 6.45) is 0.160. The quantitative estimate of drug-likeness (QED) is 0.502. The molecule has 1 heterocycles. The minimum Gasteiger partial charge on any atom is -0.287 e. The van der Waals surface area contributed by atoms with Crippen LogP contribution in [0.1, 0.15) is 13.3 Å². The second-order valence-corrected chi connectivity index (χ2v) is 6.24. The van der Waals surface area contributed by atoms with Crippen molar-refractivity contribution in [3.05, 3.63) is 0 Å². The van der Waals surface area contributed by atoms with Gasteiger partial charge in [-0.3, -0.25) is 9.08 Å². The Hall–Kier alpha value is -0.180. The van der Waals surface area contributed by atoms with Crippen molar-refractivity contribution in [1.29, 1.82) is 0 Å². The highest BCUT2D eigenvalue weighted by Crippen LogP contribution is 2.14. The molecule has 0 amide bonds. The normalized spacial score (nSPS) is 23.7. The van der Waals surface area contributed by atoms with Crippen LogP contribution in [0.4, 0.5) is 0 Å². The zero-order chi connectivity index (χ0) is 11.5. The van der Waals surface area contributed by atoms with Gasteiger partial charge in [-0.15, -0.1) is 0 Å². The topological polar surface area (TPSA) is 80.8 Å². The first kappa shape index (κ1) is 12.9. The van der Waals surface area contributed by atoms with Crippen molar-refractivity contribution in [2.45, 2.75) is 19.4 Å². The molecule has 0 saturated carbocycles. The Morgan fingerprint density at radius 2 is 2.13 bits per heavy atom. The Balaban J connectivity index is 2.43. The Bertz CT molecular complexity index is 367. The second-order valence-electron chi connectivity index (χ2n) is 3.40. The zero-order valence-electron chi connectivity index (χ0n) is 8.46. The van der Waals surface area contributed by atoms with E-state index >= 15 is 0 Å². The van der Waals surface area contributed by atoms with E-state index in [1.807, 2.05) is 0 Å². The Morgan fingerprint density at radius 1 is 1.47 bits per heavy atom. The molecular weight excluding hydrogens is 242 g/mol. The zero-order valence-corrected chi connectivity index (χ0v) is 10.2. The molecule has 6 nitrogen and oxygen atoms in total. The van der Waals surface area contributed by atoms with Crippen molar-refractivity contribution in [2.75, 3.05) is 24.7 Å². The molecule has 0 aliphatic carbocycles. The van der Waals surface area contributed by atoms with Crippen LogP contribution in [0.25, 0.3) is 0 Å². The van der Waals surface area contributed by atoms with Crippen LogP contribution in [-0.4, -0.2) is 52.6 Å². The molecule has 0 spiro atoms. The number of hydrogen-bond donors (Lipinski definition) is 1. The lowest BCUT2D eigenvalue weighted by Gasteiger charge is -2.12. The number of rotatable bonds is 5. The van der Waals surface area contributed by atoms with E-state index in [0.29, 0.717) is 19.5 Å². The summed E-state index contributed by atoms with van der Waals surface area (Å²) in [6, 6.07) is 0. The molecule has 1 aliphatic rings. The molecule has 1 atom stereocenters. The van der Waals surface area contributed by atoms with Gasteiger partial charge in [0.1, 0.15) is 0 Å². The molecular formula is C7H15NO5S2. The van der Waals surface area contributed by atoms with E-state index in [-0.39, 0.29) is 11.6 Å². The van der Waals surface area contributed by atoms with Gasteiger partial charge in [-0.25, -0.2) is 8.42 Å². The number of hydrogen-bond acceptors (Lipinski definition) is 6. The van der Waals surface area contributed by atoms with Crippen LogP contribution < -0.4 is 0 Å². The Morgan fingerprint density at radius 3 is 2.67 bits per heavy atom. The van der Waals surface area contributed by atoms with Crippen LogP contribution in [0.2, 0.25) is 0 Å². The van der Waals surface area contributed by atoms with Gasteiger partial charge >= 0.3 is 0 Å². The largest absolute Gasteiger partial charge is 0.287 e. The maximum Gasteiger partial charge on any atom is 0.267 e. The minimum atomic E-state index is -3.43. The molecule has 0 N–H and O–H groups in total. The van der Waals surface area contributed by atoms with E-state index in [4.69, 9.17) is 4.18 Å². The van der Waals surface area contributed by atoms with Gasteiger partial charge in [0.05, 0.1) is 17.7 Å². The second kappa shape index (κ2) is 5.24. The molecule has 0 aromatic carbocycles. The van der Waals surface area contributed by atoms with Crippen molar-refractivity contribution in [1.82, 2.24) is 4.90 Å². The summed E-state index contributed by atoms with van der Waals surface area (Å²) in [5, 5.41) is 0. The van der Waals surface area contributed by atoms with Crippen LogP contribution in [0.5, 0.6) is 0 Å². The van der Waals surface area contributed by atoms with E-state index < -0.39 is 26.9 Å². The molecule has 0 radical (unpaired) electrons. The first-order chi connectivity index (χ1) is 6.93. The van der Waals surface area contributed by atoms with Gasteiger partial charge in [0.2, 0.25) is 0 Å². The van der Waals surface area contributed by atoms with Crippen molar-refractivity contribution in [3.63, 3.8) is 0 Å². The summed E-state index contributed by atoms with van der Waals surface area (Å²) in [4.78, 5) is 1.67. The first-order valence-electron chi connectivity index (χ1n) is 4.68. The summed E-state index contributed by atoms with van der Waals surface area (Å²) in [5.41, 5.74) is 0. The van der Waals surface area contributed by atoms with Gasteiger partial charge < -0.3 is 0 Å². The average molecular weight is 257 g/mol. The average Bonchev–Trinajstić information content (AvgIpc) is 2.50. The lowest BCUT2D eigenvalue weighted by molar-refractivity contribution is 0.214. The Labute approximate surface area is 91.3 Å². The van der Waals surface area contributed by atoms with Crippen molar-refractivity contribution < 1.29 is 21.0 Å². The van der Waals surface area contributed by atoms with Crippen molar-refractivity contribution >= 4 is 20.8 Å². The third kappa shape index (κ3) is 4.45. The molecule has 1 fully saturated rings. The summed E-state index contributed by atoms with van der Waals surface area (Å²) < 4.78 is 48.0. The lowest BCUT2D eigenvalue weighted by Crippen LogP contribution is -2.26. The fourth-order valence-electron chi connectivity index (χ4n) is 1.44. The highest BCUT2D eigenvalue weighted by molar-refractivity contribution is 7.86. The molecule has 0 aromatic rings. The summed E-state index contributed by atoms with van der Waals surface area (Å²) >= 11 is 0. The van der Waals surface area contributed by atoms with Gasteiger partial charge in [0.15, 0.2) is 10.7 Å². The third-order valence-electron chi connectivity index (χ3n) is 2.18. The summed E-state index contributed by atoms with van der Waals surface area (Å²) in [7, 11) is -5.88. The summed E-state index contributed by atoms with van der Waals surface area (Å²) in [6.45, 7) is 2.44. The number of nitrogens with zero attached hydrogens (tertiary/aromatic N) is 1. The van der Waals surface area contributed by atoms with Crippen LogP contribution in [0.15, 0.2) is 0 Å². The highest BCUT2D eigenvalue weighted by Gasteiger charge is 2.27. The number of likely N-dealkylation sites (tertiary alicyclic amines) is 1. The lowest BCUT2D eigenvalue weighted by atomic mass is 10.3. The van der Waals surface area contributed by atoms with Gasteiger partial charge in [-0.2, -0.15) is 8.42 Å². The maximum absolute atomic E-state index is 11.1. The van der Waals surface area contributed by atoms with E-state index in [2.05, 4.69) is 0 Å². The minimum absolute atomic E-state index is 0.0264. The molecule has 8 heteroatoms. The molecule has 1 aliphatic heterocycles. The fourth-order valence-corrected chi connectivity index (χ4v) is 2.73. The molecule has 0 bridgehead atoms. The van der Waals surface area contributed by atoms with Crippen LogP contribution >= 0.6 is 0 Å². The van der Waals surface area contributed by atoms with Gasteiger partial charge in [0.25, 0.3) is 10.1 Å². The molecule has 90 valence electrons. The maximum atomic E-state index is 11.1. The van der Waals surface area contributed by atoms with Gasteiger partial charge in [0, 0.05) is 13.1 Å². The van der Waals surface area contributed by atoms with E-state index in [1.54, 1.807) is 4.90 Å².